The van der Waals surface area contributed by atoms with Gasteiger partial charge in [0.1, 0.15) is 11.6 Å². The van der Waals surface area contributed by atoms with Crippen molar-refractivity contribution < 1.29 is 22.7 Å². The number of nitrogens with one attached hydrogen (secondary N) is 3. The summed E-state index contributed by atoms with van der Waals surface area (Å²) in [6.45, 7) is 0. The molecular formula is C26H28ClN5O5S. The summed E-state index contributed by atoms with van der Waals surface area (Å²) in [4.78, 5) is 34.5. The number of sulfone groups is 1. The molecular weight excluding hydrogens is 530 g/mol. The molecule has 1 fully saturated rings. The molecule has 12 heteroatoms. The van der Waals surface area contributed by atoms with E-state index in [0.717, 1.165) is 31.9 Å². The number of benzene rings is 1. The highest BCUT2D eigenvalue weighted by Gasteiger charge is 2.25. The number of hydrogen-bond acceptors (Lipinski definition) is 8. The van der Waals surface area contributed by atoms with Crippen LogP contribution in [0.3, 0.4) is 0 Å². The Hall–Kier alpha value is -3.54. The van der Waals surface area contributed by atoms with E-state index in [9.17, 15) is 18.0 Å². The third-order valence-corrected chi connectivity index (χ3v) is 7.58. The first-order valence-electron chi connectivity index (χ1n) is 12.0. The lowest BCUT2D eigenvalue weighted by Crippen LogP contribution is -2.34. The number of anilines is 2. The van der Waals surface area contributed by atoms with Crippen LogP contribution in [-0.2, 0) is 9.84 Å². The second kappa shape index (κ2) is 11.9. The van der Waals surface area contributed by atoms with Gasteiger partial charge in [0.15, 0.2) is 15.5 Å². The maximum Gasteiger partial charge on any atom is 0.277 e. The SMILES string of the molecule is CNC1CCC(Oc2cc(S(C)(=O)=O)ccc2C(=O)Nc2cccnc2C(=O)Nc2ccc(Cl)cn2)CC1. The Kier molecular flexibility index (Phi) is 8.60. The number of rotatable bonds is 8. The summed E-state index contributed by atoms with van der Waals surface area (Å²) in [5.41, 5.74) is 0.276. The van der Waals surface area contributed by atoms with Crippen LogP contribution in [0, 0.1) is 0 Å². The van der Waals surface area contributed by atoms with E-state index in [1.54, 1.807) is 24.3 Å². The number of amides is 2. The van der Waals surface area contributed by atoms with Gasteiger partial charge in [0.2, 0.25) is 0 Å². The molecule has 0 spiro atoms. The van der Waals surface area contributed by atoms with Crippen LogP contribution < -0.4 is 20.7 Å². The smallest absolute Gasteiger partial charge is 0.277 e. The normalized spacial score (nSPS) is 17.4. The Balaban J connectivity index is 1.58. The average molecular weight is 558 g/mol. The molecule has 0 atom stereocenters. The fraction of sp³-hybridized carbons (Fsp3) is 0.308. The maximum atomic E-state index is 13.4. The maximum absolute atomic E-state index is 13.4. The standard InChI is InChI=1S/C26H28ClN5O5S/c1-28-17-6-8-18(9-7-17)37-22-14-19(38(2,35)36)10-11-20(22)25(33)31-21-4-3-13-29-24(21)26(34)32-23-12-5-16(27)15-30-23/h3-5,10-15,17-18,28H,6-9H2,1-2H3,(H,31,33)(H,30,32,34). The number of ether oxygens (including phenoxy) is 1. The number of carbonyl (C=O) groups excluding carboxylic acids is 2. The summed E-state index contributed by atoms with van der Waals surface area (Å²) < 4.78 is 30.6. The summed E-state index contributed by atoms with van der Waals surface area (Å²) in [6.07, 6.45) is 7.11. The predicted octanol–water partition coefficient (Wildman–Crippen LogP) is 3.95. The van der Waals surface area contributed by atoms with E-state index < -0.39 is 21.7 Å². The van der Waals surface area contributed by atoms with Crippen LogP contribution in [0.1, 0.15) is 46.5 Å². The van der Waals surface area contributed by atoms with Crippen molar-refractivity contribution in [3.8, 4) is 5.75 Å². The van der Waals surface area contributed by atoms with Gasteiger partial charge in [0.25, 0.3) is 11.8 Å². The molecule has 2 aromatic heterocycles. The molecule has 1 aromatic carbocycles. The van der Waals surface area contributed by atoms with E-state index in [1.807, 2.05) is 7.05 Å². The van der Waals surface area contributed by atoms with Gasteiger partial charge in [-0.15, -0.1) is 0 Å². The first-order valence-corrected chi connectivity index (χ1v) is 14.3. The molecule has 0 unspecified atom stereocenters. The Labute approximate surface area is 226 Å². The predicted molar refractivity (Wildman–Crippen MR) is 145 cm³/mol. The molecule has 3 N–H and O–H groups in total. The van der Waals surface area contributed by atoms with Gasteiger partial charge < -0.3 is 20.7 Å². The zero-order valence-corrected chi connectivity index (χ0v) is 22.5. The first kappa shape index (κ1) is 27.5. The molecule has 0 radical (unpaired) electrons. The summed E-state index contributed by atoms with van der Waals surface area (Å²) in [7, 11) is -1.61. The van der Waals surface area contributed by atoms with Gasteiger partial charge in [-0.1, -0.05) is 11.6 Å². The second-order valence-corrected chi connectivity index (χ2v) is 11.4. The van der Waals surface area contributed by atoms with Gasteiger partial charge in [-0.25, -0.2) is 18.4 Å². The minimum atomic E-state index is -3.53. The topological polar surface area (TPSA) is 139 Å². The Morgan fingerprint density at radius 3 is 2.42 bits per heavy atom. The van der Waals surface area contributed by atoms with Crippen molar-refractivity contribution in [2.75, 3.05) is 23.9 Å². The number of nitrogens with zero attached hydrogens (tertiary/aromatic N) is 2. The first-order chi connectivity index (χ1) is 18.1. The highest BCUT2D eigenvalue weighted by atomic mass is 35.5. The molecule has 2 amide bonds. The van der Waals surface area contributed by atoms with E-state index in [2.05, 4.69) is 25.9 Å². The van der Waals surface area contributed by atoms with Crippen molar-refractivity contribution in [2.45, 2.75) is 42.7 Å². The minimum absolute atomic E-state index is 0.0294. The molecule has 1 aliphatic carbocycles. The molecule has 1 saturated carbocycles. The quantitative estimate of drug-likeness (QED) is 0.378. The van der Waals surface area contributed by atoms with E-state index in [-0.39, 0.29) is 39.5 Å². The molecule has 0 bridgehead atoms. The molecule has 2 heterocycles. The zero-order chi connectivity index (χ0) is 27.3. The summed E-state index contributed by atoms with van der Waals surface area (Å²) in [6, 6.07) is 10.8. The van der Waals surface area contributed by atoms with E-state index >= 15 is 0 Å². The van der Waals surface area contributed by atoms with Crippen LogP contribution in [0.4, 0.5) is 11.5 Å². The van der Waals surface area contributed by atoms with Crippen LogP contribution in [0.5, 0.6) is 5.75 Å². The molecule has 10 nitrogen and oxygen atoms in total. The van der Waals surface area contributed by atoms with Gasteiger partial charge in [-0.3, -0.25) is 9.59 Å². The monoisotopic (exact) mass is 557 g/mol. The Morgan fingerprint density at radius 1 is 1.00 bits per heavy atom. The van der Waals surface area contributed by atoms with E-state index in [0.29, 0.717) is 11.1 Å². The summed E-state index contributed by atoms with van der Waals surface area (Å²) in [5, 5.41) is 9.01. The van der Waals surface area contributed by atoms with Crippen LogP contribution in [0.15, 0.2) is 59.8 Å². The lowest BCUT2D eigenvalue weighted by molar-refractivity contribution is 0.101. The van der Waals surface area contributed by atoms with Crippen molar-refractivity contribution in [1.82, 2.24) is 15.3 Å². The lowest BCUT2D eigenvalue weighted by Gasteiger charge is -2.29. The number of halogens is 1. The highest BCUT2D eigenvalue weighted by Crippen LogP contribution is 2.30. The van der Waals surface area contributed by atoms with Gasteiger partial charge in [0.05, 0.1) is 27.3 Å². The van der Waals surface area contributed by atoms with Gasteiger partial charge in [0, 0.05) is 24.7 Å². The molecule has 1 aliphatic rings. The zero-order valence-electron chi connectivity index (χ0n) is 20.9. The minimum Gasteiger partial charge on any atom is -0.490 e. The van der Waals surface area contributed by atoms with Crippen LogP contribution >= 0.6 is 11.6 Å². The van der Waals surface area contributed by atoms with Gasteiger partial charge >= 0.3 is 0 Å². The Morgan fingerprint density at radius 2 is 1.76 bits per heavy atom. The summed E-state index contributed by atoms with van der Waals surface area (Å²) >= 11 is 5.85. The van der Waals surface area contributed by atoms with Crippen LogP contribution in [-0.4, -0.2) is 55.6 Å². The van der Waals surface area contributed by atoms with Crippen molar-refractivity contribution >= 4 is 44.8 Å². The number of hydrogen-bond donors (Lipinski definition) is 3. The summed E-state index contributed by atoms with van der Waals surface area (Å²) in [5.74, 6) is -0.725. The second-order valence-electron chi connectivity index (χ2n) is 8.98. The third kappa shape index (κ3) is 6.85. The third-order valence-electron chi connectivity index (χ3n) is 6.24. The number of carbonyl (C=O) groups is 2. The fourth-order valence-electron chi connectivity index (χ4n) is 4.17. The highest BCUT2D eigenvalue weighted by molar-refractivity contribution is 7.90. The molecule has 4 rings (SSSR count). The fourth-order valence-corrected chi connectivity index (χ4v) is 4.92. The van der Waals surface area contributed by atoms with Crippen molar-refractivity contribution in [2.24, 2.45) is 0 Å². The van der Waals surface area contributed by atoms with E-state index in [1.165, 1.54) is 30.6 Å². The number of pyridine rings is 2. The average Bonchev–Trinajstić information content (AvgIpc) is 2.90. The van der Waals surface area contributed by atoms with Crippen molar-refractivity contribution in [3.05, 3.63) is 71.1 Å². The van der Waals surface area contributed by atoms with Crippen molar-refractivity contribution in [1.29, 1.82) is 0 Å². The van der Waals surface area contributed by atoms with Crippen LogP contribution in [0.2, 0.25) is 5.02 Å². The molecule has 3 aromatic rings. The molecule has 38 heavy (non-hydrogen) atoms. The molecule has 0 saturated heterocycles. The largest absolute Gasteiger partial charge is 0.490 e. The van der Waals surface area contributed by atoms with Crippen molar-refractivity contribution in [3.63, 3.8) is 0 Å². The van der Waals surface area contributed by atoms with Gasteiger partial charge in [-0.2, -0.15) is 0 Å². The number of aromatic nitrogens is 2. The van der Waals surface area contributed by atoms with Crippen LogP contribution in [0.25, 0.3) is 0 Å². The van der Waals surface area contributed by atoms with Gasteiger partial charge in [-0.05, 0) is 75.2 Å². The Bertz CT molecular complexity index is 1420. The van der Waals surface area contributed by atoms with E-state index in [4.69, 9.17) is 16.3 Å². The molecule has 0 aliphatic heterocycles. The molecule has 200 valence electrons. The lowest BCUT2D eigenvalue weighted by atomic mass is 9.93.